The molecular formula is C22H28N2O. The molecule has 1 aliphatic heterocycles. The van der Waals surface area contributed by atoms with Crippen molar-refractivity contribution in [2.45, 2.75) is 38.6 Å². The molecule has 0 spiro atoms. The van der Waals surface area contributed by atoms with Gasteiger partial charge in [-0.15, -0.1) is 0 Å². The Bertz CT molecular complexity index is 1020. The predicted molar refractivity (Wildman–Crippen MR) is 104 cm³/mol. The van der Waals surface area contributed by atoms with Crippen LogP contribution in [0, 0.1) is 0 Å². The van der Waals surface area contributed by atoms with E-state index in [0.29, 0.717) is 31.5 Å². The zero-order valence-electron chi connectivity index (χ0n) is 23.3. The summed E-state index contributed by atoms with van der Waals surface area (Å²) in [4.78, 5) is 16.1. The van der Waals surface area contributed by atoms with Gasteiger partial charge in [-0.1, -0.05) is 55.4 Å². The molecule has 0 unspecified atom stereocenters. The lowest BCUT2D eigenvalue weighted by atomic mass is 10.0. The third-order valence-corrected chi connectivity index (χ3v) is 4.36. The fourth-order valence-corrected chi connectivity index (χ4v) is 3.03. The van der Waals surface area contributed by atoms with Crippen LogP contribution in [0.2, 0.25) is 0 Å². The van der Waals surface area contributed by atoms with Gasteiger partial charge in [0.05, 0.1) is 6.85 Å². The van der Waals surface area contributed by atoms with Gasteiger partial charge in [0, 0.05) is 43.2 Å². The Morgan fingerprint density at radius 2 is 1.88 bits per heavy atom. The summed E-state index contributed by atoms with van der Waals surface area (Å²) in [6, 6.07) is 5.40. The molecule has 1 fully saturated rings. The average Bonchev–Trinajstić information content (AvgIpc) is 2.79. The molecule has 25 heavy (non-hydrogen) atoms. The molecule has 0 bridgehead atoms. The predicted octanol–water partition coefficient (Wildman–Crippen LogP) is 4.14. The van der Waals surface area contributed by atoms with E-state index in [2.05, 4.69) is 0 Å². The number of amides is 1. The van der Waals surface area contributed by atoms with Gasteiger partial charge >= 0.3 is 0 Å². The number of carbonyl (C=O) groups excluding carboxylic acids is 1. The molecular weight excluding hydrogens is 308 g/mol. The van der Waals surface area contributed by atoms with E-state index in [0.717, 1.165) is 11.8 Å². The summed E-state index contributed by atoms with van der Waals surface area (Å²) in [5, 5.41) is 0. The van der Waals surface area contributed by atoms with Crippen LogP contribution in [-0.2, 0) is 11.2 Å². The van der Waals surface area contributed by atoms with Crippen LogP contribution >= 0.6 is 0 Å². The van der Waals surface area contributed by atoms with Crippen molar-refractivity contribution in [2.24, 2.45) is 0 Å². The fraction of sp³-hybridized carbons (Fsp3) is 0.409. The Morgan fingerprint density at radius 1 is 1.20 bits per heavy atom. The highest BCUT2D eigenvalue weighted by Gasteiger charge is 2.28. The van der Waals surface area contributed by atoms with Crippen molar-refractivity contribution in [3.05, 3.63) is 66.1 Å². The number of piperidine rings is 1. The zero-order valence-corrected chi connectivity index (χ0v) is 14.3. The van der Waals surface area contributed by atoms with Crippen molar-refractivity contribution in [2.75, 3.05) is 24.5 Å². The molecule has 2 aromatic carbocycles. The van der Waals surface area contributed by atoms with E-state index >= 15 is 0 Å². The molecule has 0 radical (unpaired) electrons. The van der Waals surface area contributed by atoms with Crippen molar-refractivity contribution in [3.63, 3.8) is 0 Å². The Morgan fingerprint density at radius 3 is 2.52 bits per heavy atom. The summed E-state index contributed by atoms with van der Waals surface area (Å²) in [7, 11) is 0. The van der Waals surface area contributed by atoms with Gasteiger partial charge in [0.2, 0.25) is 5.91 Å². The summed E-state index contributed by atoms with van der Waals surface area (Å²) >= 11 is 0. The second-order valence-electron chi connectivity index (χ2n) is 5.95. The van der Waals surface area contributed by atoms with Crippen molar-refractivity contribution < 1.29 is 17.1 Å². The van der Waals surface area contributed by atoms with Crippen LogP contribution in [0.1, 0.15) is 44.0 Å². The third-order valence-electron chi connectivity index (χ3n) is 4.36. The molecule has 1 amide bonds. The van der Waals surface area contributed by atoms with Gasteiger partial charge in [0.15, 0.2) is 0 Å². The number of anilines is 1. The lowest BCUT2D eigenvalue weighted by molar-refractivity contribution is -0.119. The highest BCUT2D eigenvalue weighted by atomic mass is 16.2. The first-order chi connectivity index (χ1) is 15.8. The molecule has 3 nitrogen and oxygen atoms in total. The summed E-state index contributed by atoms with van der Waals surface area (Å²) in [6.07, 6.45) is -3.22. The van der Waals surface area contributed by atoms with Gasteiger partial charge in [-0.25, -0.2) is 0 Å². The minimum atomic E-state index is -2.31. The van der Waals surface area contributed by atoms with Crippen LogP contribution in [0.3, 0.4) is 0 Å². The van der Waals surface area contributed by atoms with Crippen molar-refractivity contribution in [3.8, 4) is 0 Å². The lowest BCUT2D eigenvalue weighted by Gasteiger charge is -2.38. The van der Waals surface area contributed by atoms with E-state index in [1.165, 1.54) is 0 Å². The molecule has 1 saturated heterocycles. The smallest absolute Gasteiger partial charge is 0.226 e. The summed E-state index contributed by atoms with van der Waals surface area (Å²) in [5.74, 6) is -0.968. The molecule has 1 heterocycles. The Kier molecular flexibility index (Phi) is 3.36. The van der Waals surface area contributed by atoms with Crippen LogP contribution in [0.15, 0.2) is 60.5 Å². The number of para-hydroxylation sites is 1. The number of hydrogen-bond donors (Lipinski definition) is 0. The number of likely N-dealkylation sites (tertiary alicyclic amines) is 1. The second kappa shape index (κ2) is 8.82. The van der Waals surface area contributed by atoms with E-state index < -0.39 is 54.9 Å². The van der Waals surface area contributed by atoms with Crippen LogP contribution in [0.5, 0.6) is 0 Å². The molecule has 132 valence electrons. The van der Waals surface area contributed by atoms with Gasteiger partial charge in [0.25, 0.3) is 0 Å². The number of benzene rings is 2. The Hall–Kier alpha value is -2.13. The maximum Gasteiger partial charge on any atom is 0.226 e. The quantitative estimate of drug-likeness (QED) is 0.786. The zero-order chi connectivity index (χ0) is 25.4. The molecule has 0 saturated carbocycles. The van der Waals surface area contributed by atoms with Gasteiger partial charge in [0.1, 0.15) is 0 Å². The summed E-state index contributed by atoms with van der Waals surface area (Å²) in [6.45, 7) is 2.04. The van der Waals surface area contributed by atoms with Gasteiger partial charge in [-0.3, -0.25) is 4.79 Å². The first kappa shape index (κ1) is 9.54. The van der Waals surface area contributed by atoms with Gasteiger partial charge < -0.3 is 9.80 Å². The molecule has 2 aromatic rings. The van der Waals surface area contributed by atoms with Crippen molar-refractivity contribution >= 4 is 11.6 Å². The summed E-state index contributed by atoms with van der Waals surface area (Å²) in [5.41, 5.74) is 0.243. The average molecular weight is 346 g/mol. The number of carbonyl (C=O) groups is 1. The van der Waals surface area contributed by atoms with Gasteiger partial charge in [-0.05, 0) is 36.9 Å². The van der Waals surface area contributed by atoms with E-state index in [4.69, 9.17) is 12.3 Å². The van der Waals surface area contributed by atoms with Gasteiger partial charge in [-0.2, -0.15) is 0 Å². The van der Waals surface area contributed by atoms with Crippen LogP contribution in [0.4, 0.5) is 5.69 Å². The molecule has 3 heteroatoms. The molecule has 1 aliphatic rings. The molecule has 0 aliphatic carbocycles. The summed E-state index contributed by atoms with van der Waals surface area (Å²) < 4.78 is 73.1. The SMILES string of the molecule is [2H]c1c([2H])c([2H])c(N(C(=O)C([2H])([2H])C)C2CCN(CC([2H])([2H])c3ccccc3)CC2)c([2H])c1[2H]. The Balaban J connectivity index is 1.88. The Labute approximate surface area is 163 Å². The maximum atomic E-state index is 13.1. The minimum absolute atomic E-state index is 0.140. The fourth-order valence-electron chi connectivity index (χ4n) is 3.03. The number of rotatable bonds is 6. The molecule has 3 rings (SSSR count). The normalized spacial score (nSPS) is 22.2. The third kappa shape index (κ3) is 4.70. The van der Waals surface area contributed by atoms with Crippen molar-refractivity contribution in [1.82, 2.24) is 4.90 Å². The van der Waals surface area contributed by atoms with Crippen LogP contribution in [0.25, 0.3) is 0 Å². The molecule has 0 aromatic heterocycles. The van der Waals surface area contributed by atoms with E-state index in [1.807, 2.05) is 11.0 Å². The largest absolute Gasteiger partial charge is 0.309 e. The molecule has 0 atom stereocenters. The lowest BCUT2D eigenvalue weighted by Crippen LogP contribution is -2.47. The second-order valence-corrected chi connectivity index (χ2v) is 5.95. The van der Waals surface area contributed by atoms with Crippen molar-refractivity contribution in [1.29, 1.82) is 0 Å². The number of nitrogens with zero attached hydrogens (tertiary/aromatic N) is 2. The molecule has 0 N–H and O–H groups in total. The monoisotopic (exact) mass is 345 g/mol. The highest BCUT2D eigenvalue weighted by molar-refractivity contribution is 5.93. The first-order valence-electron chi connectivity index (χ1n) is 12.9. The maximum absolute atomic E-state index is 13.1. The topological polar surface area (TPSA) is 23.6 Å². The van der Waals surface area contributed by atoms with E-state index in [-0.39, 0.29) is 12.2 Å². The van der Waals surface area contributed by atoms with Crippen LogP contribution in [-0.4, -0.2) is 36.5 Å². The van der Waals surface area contributed by atoms with E-state index in [9.17, 15) is 4.79 Å². The first-order valence-corrected chi connectivity index (χ1v) is 8.44. The van der Waals surface area contributed by atoms with Crippen LogP contribution < -0.4 is 4.90 Å². The highest BCUT2D eigenvalue weighted by Crippen LogP contribution is 2.24. The standard InChI is InChI=1S/C22H28N2O/c1-2-22(25)24(20-11-7-4-8-12-20)21-14-17-23(18-15-21)16-13-19-9-5-3-6-10-19/h3-12,21H,2,13-18H2,1H3/i2D2,4D,7D,8D,11D,12D,13D2. The van der Waals surface area contributed by atoms with E-state index in [1.54, 1.807) is 24.3 Å². The minimum Gasteiger partial charge on any atom is -0.309 e. The number of hydrogen-bond acceptors (Lipinski definition) is 2.